The summed E-state index contributed by atoms with van der Waals surface area (Å²) < 4.78 is 0. The molecule has 0 bridgehead atoms. The topological polar surface area (TPSA) is 52.6 Å². The molecule has 1 rings (SSSR count). The smallest absolute Gasteiger partial charge is 0.234 e. The average molecular weight is 172 g/mol. The molecule has 0 radical (unpaired) electrons. The molecule has 1 aliphatic heterocycles. The molecular weight excluding hydrogens is 156 g/mol. The Morgan fingerprint density at radius 3 is 2.83 bits per heavy atom. The lowest BCUT2D eigenvalue weighted by atomic mass is 10.1. The number of nitrogens with one attached hydrogen (secondary N) is 1. The first kappa shape index (κ1) is 9.48. The summed E-state index contributed by atoms with van der Waals surface area (Å²) in [5, 5.41) is 12.2. The molecule has 4 nitrogen and oxygen atoms in total. The van der Waals surface area contributed by atoms with Crippen LogP contribution in [0.1, 0.15) is 13.8 Å². The van der Waals surface area contributed by atoms with Crippen molar-refractivity contribution in [1.29, 1.82) is 0 Å². The highest BCUT2D eigenvalue weighted by molar-refractivity contribution is 5.78. The number of hydrogen-bond acceptors (Lipinski definition) is 3. The summed E-state index contributed by atoms with van der Waals surface area (Å²) in [4.78, 5) is 12.9. The summed E-state index contributed by atoms with van der Waals surface area (Å²) in [6.45, 7) is 5.98. The number of hydrogen-bond donors (Lipinski definition) is 2. The van der Waals surface area contributed by atoms with Gasteiger partial charge in [0.2, 0.25) is 5.91 Å². The van der Waals surface area contributed by atoms with E-state index in [2.05, 4.69) is 5.32 Å². The molecule has 0 aromatic rings. The molecule has 0 aromatic carbocycles. The lowest BCUT2D eigenvalue weighted by Gasteiger charge is -2.31. The Morgan fingerprint density at radius 2 is 2.33 bits per heavy atom. The third-order valence-electron chi connectivity index (χ3n) is 1.73. The Kier molecular flexibility index (Phi) is 2.69. The van der Waals surface area contributed by atoms with Crippen LogP contribution in [0.2, 0.25) is 0 Å². The van der Waals surface area contributed by atoms with Gasteiger partial charge in [0.15, 0.2) is 0 Å². The van der Waals surface area contributed by atoms with Crippen LogP contribution >= 0.6 is 0 Å². The van der Waals surface area contributed by atoms with Gasteiger partial charge in [-0.05, 0) is 13.8 Å². The second-order valence-electron chi connectivity index (χ2n) is 3.87. The lowest BCUT2D eigenvalue weighted by molar-refractivity contribution is -0.124. The quantitative estimate of drug-likeness (QED) is 0.573. The van der Waals surface area contributed by atoms with Crippen LogP contribution in [0.4, 0.5) is 0 Å². The van der Waals surface area contributed by atoms with E-state index in [4.69, 9.17) is 0 Å². The fraction of sp³-hybridized carbons (Fsp3) is 0.875. The van der Waals surface area contributed by atoms with Crippen molar-refractivity contribution in [3.63, 3.8) is 0 Å². The lowest BCUT2D eigenvalue weighted by Crippen LogP contribution is -2.51. The Morgan fingerprint density at radius 1 is 1.67 bits per heavy atom. The van der Waals surface area contributed by atoms with Gasteiger partial charge in [0.05, 0.1) is 12.1 Å². The Labute approximate surface area is 72.6 Å². The van der Waals surface area contributed by atoms with E-state index in [1.54, 1.807) is 13.8 Å². The van der Waals surface area contributed by atoms with Crippen molar-refractivity contribution < 1.29 is 9.90 Å². The van der Waals surface area contributed by atoms with E-state index in [-0.39, 0.29) is 5.91 Å². The number of β-amino-alcohol motifs (C(OH)–C–C–N with tert-alkyl or cyclic N) is 1. The van der Waals surface area contributed by atoms with Gasteiger partial charge in [0, 0.05) is 19.6 Å². The molecule has 0 spiro atoms. The average Bonchev–Trinajstić information content (AvgIpc) is 1.82. The van der Waals surface area contributed by atoms with E-state index in [9.17, 15) is 9.90 Å². The summed E-state index contributed by atoms with van der Waals surface area (Å²) in [6.07, 6.45) is 0. The highest BCUT2D eigenvalue weighted by Gasteiger charge is 2.22. The minimum absolute atomic E-state index is 0.0468. The van der Waals surface area contributed by atoms with Gasteiger partial charge in [-0.1, -0.05) is 0 Å². The molecule has 0 aromatic heterocycles. The highest BCUT2D eigenvalue weighted by atomic mass is 16.3. The Hall–Kier alpha value is -0.610. The molecule has 1 heterocycles. The van der Waals surface area contributed by atoms with Crippen LogP contribution < -0.4 is 5.32 Å². The first-order valence-corrected chi connectivity index (χ1v) is 4.19. The molecule has 0 aliphatic carbocycles. The predicted octanol–water partition coefficient (Wildman–Crippen LogP) is -0.811. The van der Waals surface area contributed by atoms with Crippen LogP contribution in [0.3, 0.4) is 0 Å². The van der Waals surface area contributed by atoms with Crippen LogP contribution in [-0.4, -0.2) is 47.7 Å². The zero-order valence-electron chi connectivity index (χ0n) is 7.63. The molecule has 0 saturated carbocycles. The van der Waals surface area contributed by atoms with Gasteiger partial charge in [-0.25, -0.2) is 0 Å². The van der Waals surface area contributed by atoms with Crippen molar-refractivity contribution in [2.24, 2.45) is 0 Å². The standard InChI is InChI=1S/C8H16N2O2/c1-8(2,12)6-10-4-3-9-7(11)5-10/h12H,3-6H2,1-2H3,(H,9,11). The van der Waals surface area contributed by atoms with Crippen LogP contribution in [-0.2, 0) is 4.79 Å². The Bertz CT molecular complexity index is 174. The first-order valence-electron chi connectivity index (χ1n) is 4.19. The number of nitrogens with zero attached hydrogens (tertiary/aromatic N) is 1. The third kappa shape index (κ3) is 3.19. The highest BCUT2D eigenvalue weighted by Crippen LogP contribution is 2.05. The third-order valence-corrected chi connectivity index (χ3v) is 1.73. The maximum atomic E-state index is 10.9. The minimum Gasteiger partial charge on any atom is -0.389 e. The molecular formula is C8H16N2O2. The van der Waals surface area contributed by atoms with Crippen molar-refractivity contribution in [3.05, 3.63) is 0 Å². The number of piperazine rings is 1. The van der Waals surface area contributed by atoms with Gasteiger partial charge >= 0.3 is 0 Å². The zero-order valence-corrected chi connectivity index (χ0v) is 7.63. The van der Waals surface area contributed by atoms with Gasteiger partial charge < -0.3 is 10.4 Å². The second-order valence-corrected chi connectivity index (χ2v) is 3.87. The maximum absolute atomic E-state index is 10.9. The summed E-state index contributed by atoms with van der Waals surface area (Å²) in [5.41, 5.74) is -0.711. The molecule has 0 unspecified atom stereocenters. The number of rotatable bonds is 2. The van der Waals surface area contributed by atoms with Gasteiger partial charge in [-0.3, -0.25) is 9.69 Å². The van der Waals surface area contributed by atoms with Gasteiger partial charge in [0.1, 0.15) is 0 Å². The van der Waals surface area contributed by atoms with Crippen molar-refractivity contribution >= 4 is 5.91 Å². The molecule has 2 N–H and O–H groups in total. The largest absolute Gasteiger partial charge is 0.389 e. The SMILES string of the molecule is CC(C)(O)CN1CCNC(=O)C1. The number of carbonyl (C=O) groups is 1. The molecule has 12 heavy (non-hydrogen) atoms. The maximum Gasteiger partial charge on any atom is 0.234 e. The van der Waals surface area contributed by atoms with Crippen molar-refractivity contribution in [3.8, 4) is 0 Å². The normalized spacial score (nSPS) is 20.8. The van der Waals surface area contributed by atoms with E-state index < -0.39 is 5.60 Å². The number of aliphatic hydroxyl groups is 1. The number of amides is 1. The predicted molar refractivity (Wildman–Crippen MR) is 45.7 cm³/mol. The van der Waals surface area contributed by atoms with Crippen LogP contribution in [0.25, 0.3) is 0 Å². The first-order chi connectivity index (χ1) is 5.47. The van der Waals surface area contributed by atoms with E-state index in [1.165, 1.54) is 0 Å². The van der Waals surface area contributed by atoms with Crippen molar-refractivity contribution in [2.75, 3.05) is 26.2 Å². The van der Waals surface area contributed by atoms with Crippen LogP contribution in [0.15, 0.2) is 0 Å². The molecule has 0 atom stereocenters. The van der Waals surface area contributed by atoms with Gasteiger partial charge in [0.25, 0.3) is 0 Å². The monoisotopic (exact) mass is 172 g/mol. The van der Waals surface area contributed by atoms with Gasteiger partial charge in [-0.15, -0.1) is 0 Å². The fourth-order valence-corrected chi connectivity index (χ4v) is 1.37. The number of carbonyl (C=O) groups excluding carboxylic acids is 1. The van der Waals surface area contributed by atoms with Crippen LogP contribution in [0.5, 0.6) is 0 Å². The molecule has 4 heteroatoms. The van der Waals surface area contributed by atoms with Crippen molar-refractivity contribution in [1.82, 2.24) is 10.2 Å². The van der Waals surface area contributed by atoms with E-state index >= 15 is 0 Å². The fourth-order valence-electron chi connectivity index (χ4n) is 1.37. The van der Waals surface area contributed by atoms with E-state index in [0.717, 1.165) is 6.54 Å². The molecule has 1 fully saturated rings. The summed E-state index contributed by atoms with van der Waals surface area (Å²) in [7, 11) is 0. The van der Waals surface area contributed by atoms with E-state index in [1.807, 2.05) is 4.90 Å². The molecule has 1 amide bonds. The summed E-state index contributed by atoms with van der Waals surface area (Å²) in [6, 6.07) is 0. The summed E-state index contributed by atoms with van der Waals surface area (Å²) in [5.74, 6) is 0.0468. The summed E-state index contributed by atoms with van der Waals surface area (Å²) >= 11 is 0. The van der Waals surface area contributed by atoms with Crippen molar-refractivity contribution in [2.45, 2.75) is 19.4 Å². The molecule has 70 valence electrons. The van der Waals surface area contributed by atoms with E-state index in [0.29, 0.717) is 19.6 Å². The minimum atomic E-state index is -0.711. The zero-order chi connectivity index (χ0) is 9.19. The molecule has 1 aliphatic rings. The second kappa shape index (κ2) is 3.41. The van der Waals surface area contributed by atoms with Crippen LogP contribution in [0, 0.1) is 0 Å². The Balaban J connectivity index is 2.37. The van der Waals surface area contributed by atoms with Gasteiger partial charge in [-0.2, -0.15) is 0 Å². The molecule has 1 saturated heterocycles.